The Morgan fingerprint density at radius 1 is 1.37 bits per heavy atom. The van der Waals surface area contributed by atoms with E-state index >= 15 is 0 Å². The molecule has 0 aliphatic carbocycles. The van der Waals surface area contributed by atoms with Crippen LogP contribution in [0.1, 0.15) is 38.8 Å². The first-order valence-corrected chi connectivity index (χ1v) is 7.53. The van der Waals surface area contributed by atoms with Crippen LogP contribution in [0.25, 0.3) is 0 Å². The first-order chi connectivity index (χ1) is 9.20. The number of pyridine rings is 1. The van der Waals surface area contributed by atoms with Gasteiger partial charge in [0.15, 0.2) is 0 Å². The summed E-state index contributed by atoms with van der Waals surface area (Å²) < 4.78 is 0. The van der Waals surface area contributed by atoms with Gasteiger partial charge in [-0.3, -0.25) is 9.88 Å². The maximum atomic E-state index is 4.48. The molecule has 2 unspecified atom stereocenters. The molecule has 106 valence electrons. The summed E-state index contributed by atoms with van der Waals surface area (Å²) in [6.45, 7) is 7.19. The SMILES string of the molecule is CCC(C)(C(Cc1ccccn1)NC)N1CCCC1. The molecular weight excluding hydrogens is 234 g/mol. The highest BCUT2D eigenvalue weighted by Crippen LogP contribution is 2.29. The third-order valence-electron chi connectivity index (χ3n) is 4.78. The lowest BCUT2D eigenvalue weighted by atomic mass is 9.84. The van der Waals surface area contributed by atoms with Crippen molar-refractivity contribution in [1.29, 1.82) is 0 Å². The van der Waals surface area contributed by atoms with E-state index in [1.165, 1.54) is 38.0 Å². The van der Waals surface area contributed by atoms with Crippen LogP contribution < -0.4 is 5.32 Å². The normalized spacial score (nSPS) is 21.2. The van der Waals surface area contributed by atoms with Crippen molar-refractivity contribution < 1.29 is 0 Å². The molecule has 1 N–H and O–H groups in total. The molecule has 0 bridgehead atoms. The first-order valence-electron chi connectivity index (χ1n) is 7.53. The molecule has 1 saturated heterocycles. The molecule has 1 aliphatic heterocycles. The van der Waals surface area contributed by atoms with Crippen molar-refractivity contribution in [2.45, 2.75) is 51.1 Å². The Balaban J connectivity index is 2.13. The summed E-state index contributed by atoms with van der Waals surface area (Å²) >= 11 is 0. The second kappa shape index (κ2) is 6.49. The van der Waals surface area contributed by atoms with E-state index in [-0.39, 0.29) is 5.54 Å². The van der Waals surface area contributed by atoms with Crippen molar-refractivity contribution in [3.63, 3.8) is 0 Å². The van der Waals surface area contributed by atoms with Crippen molar-refractivity contribution in [2.75, 3.05) is 20.1 Å². The van der Waals surface area contributed by atoms with Crippen molar-refractivity contribution in [1.82, 2.24) is 15.2 Å². The Hall–Kier alpha value is -0.930. The average Bonchev–Trinajstić information content (AvgIpc) is 3.00. The van der Waals surface area contributed by atoms with Gasteiger partial charge in [0.05, 0.1) is 0 Å². The van der Waals surface area contributed by atoms with Gasteiger partial charge in [-0.1, -0.05) is 13.0 Å². The molecule has 3 heteroatoms. The number of aromatic nitrogens is 1. The number of likely N-dealkylation sites (N-methyl/N-ethyl adjacent to an activating group) is 1. The minimum absolute atomic E-state index is 0.225. The van der Waals surface area contributed by atoms with E-state index in [1.54, 1.807) is 0 Å². The minimum atomic E-state index is 0.225. The number of hydrogen-bond acceptors (Lipinski definition) is 3. The zero-order valence-electron chi connectivity index (χ0n) is 12.5. The van der Waals surface area contributed by atoms with E-state index in [0.29, 0.717) is 6.04 Å². The summed E-state index contributed by atoms with van der Waals surface area (Å²) in [5, 5.41) is 3.54. The highest BCUT2D eigenvalue weighted by Gasteiger charge is 2.38. The summed E-state index contributed by atoms with van der Waals surface area (Å²) in [5.74, 6) is 0. The highest BCUT2D eigenvalue weighted by atomic mass is 15.2. The van der Waals surface area contributed by atoms with Crippen molar-refractivity contribution >= 4 is 0 Å². The van der Waals surface area contributed by atoms with Gasteiger partial charge in [-0.25, -0.2) is 0 Å². The van der Waals surface area contributed by atoms with Crippen LogP contribution in [0.3, 0.4) is 0 Å². The lowest BCUT2D eigenvalue weighted by Crippen LogP contribution is -2.58. The predicted octanol–water partition coefficient (Wildman–Crippen LogP) is 2.48. The zero-order valence-corrected chi connectivity index (χ0v) is 12.5. The molecule has 0 saturated carbocycles. The Kier molecular flexibility index (Phi) is 4.94. The molecule has 0 aromatic carbocycles. The van der Waals surface area contributed by atoms with Crippen molar-refractivity contribution in [3.05, 3.63) is 30.1 Å². The van der Waals surface area contributed by atoms with Crippen LogP contribution in [0.15, 0.2) is 24.4 Å². The summed E-state index contributed by atoms with van der Waals surface area (Å²) in [4.78, 5) is 7.15. The van der Waals surface area contributed by atoms with E-state index in [1.807, 2.05) is 12.3 Å². The Morgan fingerprint density at radius 2 is 2.11 bits per heavy atom. The zero-order chi connectivity index (χ0) is 13.7. The maximum Gasteiger partial charge on any atom is 0.0419 e. The molecule has 19 heavy (non-hydrogen) atoms. The van der Waals surface area contributed by atoms with Crippen LogP contribution in [0.4, 0.5) is 0 Å². The number of rotatable bonds is 6. The van der Waals surface area contributed by atoms with E-state index in [2.05, 4.69) is 48.2 Å². The quantitative estimate of drug-likeness (QED) is 0.852. The van der Waals surface area contributed by atoms with Gasteiger partial charge in [0.2, 0.25) is 0 Å². The van der Waals surface area contributed by atoms with Crippen LogP contribution >= 0.6 is 0 Å². The fraction of sp³-hybridized carbons (Fsp3) is 0.688. The van der Waals surface area contributed by atoms with E-state index < -0.39 is 0 Å². The summed E-state index contributed by atoms with van der Waals surface area (Å²) in [5.41, 5.74) is 1.41. The van der Waals surface area contributed by atoms with Gasteiger partial charge in [0, 0.05) is 29.9 Å². The van der Waals surface area contributed by atoms with Gasteiger partial charge in [0.1, 0.15) is 0 Å². The van der Waals surface area contributed by atoms with Crippen molar-refractivity contribution in [2.24, 2.45) is 0 Å². The molecule has 1 fully saturated rings. The number of nitrogens with one attached hydrogen (secondary N) is 1. The third-order valence-corrected chi connectivity index (χ3v) is 4.78. The number of hydrogen-bond donors (Lipinski definition) is 1. The van der Waals surface area contributed by atoms with Crippen LogP contribution in [-0.2, 0) is 6.42 Å². The molecule has 3 nitrogen and oxygen atoms in total. The smallest absolute Gasteiger partial charge is 0.0419 e. The third kappa shape index (κ3) is 3.15. The van der Waals surface area contributed by atoms with Gasteiger partial charge >= 0.3 is 0 Å². The minimum Gasteiger partial charge on any atom is -0.315 e. The van der Waals surface area contributed by atoms with Crippen LogP contribution in [0.5, 0.6) is 0 Å². The van der Waals surface area contributed by atoms with Crippen LogP contribution in [0, 0.1) is 0 Å². The second-order valence-electron chi connectivity index (χ2n) is 5.77. The lowest BCUT2D eigenvalue weighted by molar-refractivity contribution is 0.0869. The summed E-state index contributed by atoms with van der Waals surface area (Å²) in [6.07, 6.45) is 6.75. The molecule has 1 aromatic heterocycles. The molecule has 1 aromatic rings. The highest BCUT2D eigenvalue weighted by molar-refractivity contribution is 5.09. The predicted molar refractivity (Wildman–Crippen MR) is 80.3 cm³/mol. The van der Waals surface area contributed by atoms with Crippen LogP contribution in [0.2, 0.25) is 0 Å². The fourth-order valence-electron chi connectivity index (χ4n) is 3.28. The molecule has 1 aliphatic rings. The number of nitrogens with zero attached hydrogens (tertiary/aromatic N) is 2. The Bertz CT molecular complexity index is 373. The monoisotopic (exact) mass is 261 g/mol. The summed E-state index contributed by atoms with van der Waals surface area (Å²) in [7, 11) is 2.08. The topological polar surface area (TPSA) is 28.2 Å². The first kappa shape index (κ1) is 14.5. The van der Waals surface area contributed by atoms with Gasteiger partial charge in [0.25, 0.3) is 0 Å². The second-order valence-corrected chi connectivity index (χ2v) is 5.77. The molecule has 2 rings (SSSR count). The molecular formula is C16H27N3. The maximum absolute atomic E-state index is 4.48. The van der Waals surface area contributed by atoms with Gasteiger partial charge < -0.3 is 5.32 Å². The molecule has 2 heterocycles. The van der Waals surface area contributed by atoms with E-state index in [0.717, 1.165) is 6.42 Å². The van der Waals surface area contributed by atoms with Gasteiger partial charge in [-0.2, -0.15) is 0 Å². The largest absolute Gasteiger partial charge is 0.315 e. The average molecular weight is 261 g/mol. The number of likely N-dealkylation sites (tertiary alicyclic amines) is 1. The van der Waals surface area contributed by atoms with Gasteiger partial charge in [-0.05, 0) is 58.5 Å². The molecule has 0 amide bonds. The molecule has 0 radical (unpaired) electrons. The Labute approximate surface area is 117 Å². The lowest BCUT2D eigenvalue weighted by Gasteiger charge is -2.44. The van der Waals surface area contributed by atoms with E-state index in [4.69, 9.17) is 0 Å². The molecule has 0 spiro atoms. The summed E-state index contributed by atoms with van der Waals surface area (Å²) in [6, 6.07) is 6.64. The molecule has 2 atom stereocenters. The van der Waals surface area contributed by atoms with Crippen LogP contribution in [-0.4, -0.2) is 41.6 Å². The van der Waals surface area contributed by atoms with E-state index in [9.17, 15) is 0 Å². The van der Waals surface area contributed by atoms with Gasteiger partial charge in [-0.15, -0.1) is 0 Å². The fourth-order valence-corrected chi connectivity index (χ4v) is 3.28. The van der Waals surface area contributed by atoms with Crippen molar-refractivity contribution in [3.8, 4) is 0 Å². The Morgan fingerprint density at radius 3 is 2.63 bits per heavy atom. The standard InChI is InChI=1S/C16H27N3/c1-4-16(2,19-11-7-8-12-19)15(17-3)13-14-9-5-6-10-18-14/h5-6,9-10,15,17H,4,7-8,11-13H2,1-3H3.